The molecule has 0 bridgehead atoms. The van der Waals surface area contributed by atoms with E-state index in [1.165, 1.54) is 0 Å². The molecule has 0 saturated heterocycles. The molecular formula is C9H19N3O3. The molecule has 6 heteroatoms. The summed E-state index contributed by atoms with van der Waals surface area (Å²) in [7, 11) is 0. The molecule has 0 aliphatic heterocycles. The van der Waals surface area contributed by atoms with Crippen LogP contribution in [0.5, 0.6) is 0 Å². The monoisotopic (exact) mass is 217 g/mol. The first-order chi connectivity index (χ1) is 7.16. The molecule has 0 aromatic rings. The topological polar surface area (TPSA) is 104 Å². The number of aliphatic carboxylic acids is 1. The Morgan fingerprint density at radius 1 is 1.20 bits per heavy atom. The number of carbonyl (C=O) groups is 2. The summed E-state index contributed by atoms with van der Waals surface area (Å²) in [4.78, 5) is 21.2. The van der Waals surface area contributed by atoms with Crippen molar-refractivity contribution in [3.63, 3.8) is 0 Å². The van der Waals surface area contributed by atoms with E-state index in [0.29, 0.717) is 13.0 Å². The zero-order valence-electron chi connectivity index (χ0n) is 8.79. The van der Waals surface area contributed by atoms with Gasteiger partial charge < -0.3 is 16.2 Å². The smallest absolute Gasteiger partial charge is 0.317 e. The van der Waals surface area contributed by atoms with E-state index in [2.05, 4.69) is 10.6 Å². The third kappa shape index (κ3) is 10.8. The molecule has 0 atom stereocenters. The Labute approximate surface area is 89.2 Å². The lowest BCUT2D eigenvalue weighted by molar-refractivity contribution is -0.136. The third-order valence-corrected chi connectivity index (χ3v) is 1.79. The lowest BCUT2D eigenvalue weighted by Crippen LogP contribution is -2.36. The molecule has 0 heterocycles. The Kier molecular flexibility index (Phi) is 8.70. The van der Waals surface area contributed by atoms with Crippen LogP contribution in [0.15, 0.2) is 0 Å². The van der Waals surface area contributed by atoms with Gasteiger partial charge in [-0.15, -0.1) is 0 Å². The summed E-state index contributed by atoms with van der Waals surface area (Å²) >= 11 is 0. The van der Waals surface area contributed by atoms with Crippen molar-refractivity contribution < 1.29 is 14.7 Å². The summed E-state index contributed by atoms with van der Waals surface area (Å²) in [5.74, 6) is -1.00. The fraction of sp³-hybridized carbons (Fsp3) is 0.778. The van der Waals surface area contributed by atoms with Gasteiger partial charge >= 0.3 is 5.97 Å². The summed E-state index contributed by atoms with van der Waals surface area (Å²) in [6.45, 7) is 0.706. The van der Waals surface area contributed by atoms with Crippen molar-refractivity contribution in [3.05, 3.63) is 0 Å². The molecule has 15 heavy (non-hydrogen) atoms. The number of nitrogens with one attached hydrogen (secondary N) is 2. The van der Waals surface area contributed by atoms with Crippen LogP contribution < -0.4 is 16.4 Å². The first kappa shape index (κ1) is 13.9. The fourth-order valence-corrected chi connectivity index (χ4v) is 1.03. The molecule has 1 amide bonds. The van der Waals surface area contributed by atoms with Gasteiger partial charge in [0.1, 0.15) is 0 Å². The molecule has 0 unspecified atom stereocenters. The molecule has 0 aliphatic rings. The molecular weight excluding hydrogens is 198 g/mol. The zero-order chi connectivity index (χ0) is 11.5. The van der Waals surface area contributed by atoms with E-state index in [1.54, 1.807) is 0 Å². The van der Waals surface area contributed by atoms with Gasteiger partial charge in [-0.1, -0.05) is 6.42 Å². The molecule has 0 aromatic carbocycles. The average molecular weight is 217 g/mol. The molecule has 88 valence electrons. The lowest BCUT2D eigenvalue weighted by atomic mass is 10.2. The van der Waals surface area contributed by atoms with Crippen LogP contribution in [0.2, 0.25) is 0 Å². The summed E-state index contributed by atoms with van der Waals surface area (Å²) in [6, 6.07) is 0. The van der Waals surface area contributed by atoms with Crippen molar-refractivity contribution in [3.8, 4) is 0 Å². The molecule has 0 saturated carbocycles. The van der Waals surface area contributed by atoms with E-state index in [-0.39, 0.29) is 19.1 Å². The number of nitrogens with two attached hydrogens (primary N) is 1. The Bertz CT molecular complexity index is 197. The Balaban J connectivity index is 3.22. The third-order valence-electron chi connectivity index (χ3n) is 1.79. The fourth-order valence-electron chi connectivity index (χ4n) is 1.03. The molecule has 0 fully saturated rings. The number of amides is 1. The summed E-state index contributed by atoms with van der Waals surface area (Å²) < 4.78 is 0. The van der Waals surface area contributed by atoms with E-state index < -0.39 is 5.97 Å². The summed E-state index contributed by atoms with van der Waals surface area (Å²) in [5, 5.41) is 13.4. The second-order valence-corrected chi connectivity index (χ2v) is 3.20. The van der Waals surface area contributed by atoms with Gasteiger partial charge in [-0.25, -0.2) is 0 Å². The standard InChI is InChI=1S/C9H19N3O3/c10-5-3-1-2-4-8(13)12-7-11-6-9(14)15/h11H,1-7,10H2,(H,12,13)(H,14,15). The number of carbonyl (C=O) groups excluding carboxylic acids is 1. The first-order valence-electron chi connectivity index (χ1n) is 5.06. The normalized spacial score (nSPS) is 9.93. The van der Waals surface area contributed by atoms with Crippen molar-refractivity contribution in [2.45, 2.75) is 25.7 Å². The highest BCUT2D eigenvalue weighted by Crippen LogP contribution is 1.97. The SMILES string of the molecule is NCCCCCC(=O)NCNCC(=O)O. The van der Waals surface area contributed by atoms with Gasteiger partial charge in [0.15, 0.2) is 0 Å². The zero-order valence-corrected chi connectivity index (χ0v) is 8.79. The van der Waals surface area contributed by atoms with Crippen LogP contribution in [-0.2, 0) is 9.59 Å². The van der Waals surface area contributed by atoms with Gasteiger partial charge in [0.2, 0.25) is 5.91 Å². The Morgan fingerprint density at radius 3 is 2.53 bits per heavy atom. The minimum absolute atomic E-state index is 0.0649. The quantitative estimate of drug-likeness (QED) is 0.300. The first-order valence-corrected chi connectivity index (χ1v) is 5.06. The van der Waals surface area contributed by atoms with Crippen LogP contribution in [0.3, 0.4) is 0 Å². The summed E-state index contributed by atoms with van der Waals surface area (Å²) in [6.07, 6.45) is 3.17. The van der Waals surface area contributed by atoms with E-state index in [0.717, 1.165) is 19.3 Å². The van der Waals surface area contributed by atoms with Gasteiger partial charge in [0, 0.05) is 6.42 Å². The van der Waals surface area contributed by atoms with Crippen molar-refractivity contribution in [1.82, 2.24) is 10.6 Å². The highest BCUT2D eigenvalue weighted by molar-refractivity contribution is 5.75. The number of carboxylic acid groups (broad SMARTS) is 1. The van der Waals surface area contributed by atoms with Gasteiger partial charge in [0.25, 0.3) is 0 Å². The number of hydrogen-bond acceptors (Lipinski definition) is 4. The maximum absolute atomic E-state index is 11.1. The van der Waals surface area contributed by atoms with Crippen molar-refractivity contribution in [2.24, 2.45) is 5.73 Å². The predicted molar refractivity (Wildman–Crippen MR) is 56.2 cm³/mol. The minimum Gasteiger partial charge on any atom is -0.480 e. The van der Waals surface area contributed by atoms with Gasteiger partial charge in [0.05, 0.1) is 13.2 Å². The van der Waals surface area contributed by atoms with Crippen LogP contribution in [-0.4, -0.2) is 36.7 Å². The number of carboxylic acids is 1. The van der Waals surface area contributed by atoms with Crippen LogP contribution >= 0.6 is 0 Å². The largest absolute Gasteiger partial charge is 0.480 e. The molecule has 6 nitrogen and oxygen atoms in total. The predicted octanol–water partition coefficient (Wildman–Crippen LogP) is -0.747. The van der Waals surface area contributed by atoms with Crippen molar-refractivity contribution in [2.75, 3.05) is 19.8 Å². The van der Waals surface area contributed by atoms with E-state index in [4.69, 9.17) is 10.8 Å². The second-order valence-electron chi connectivity index (χ2n) is 3.20. The second kappa shape index (κ2) is 9.42. The summed E-state index contributed by atoms with van der Waals surface area (Å²) in [5.41, 5.74) is 5.31. The highest BCUT2D eigenvalue weighted by atomic mass is 16.4. The average Bonchev–Trinajstić information content (AvgIpc) is 2.19. The Hall–Kier alpha value is -1.14. The van der Waals surface area contributed by atoms with Crippen LogP contribution in [0.4, 0.5) is 0 Å². The number of rotatable bonds is 9. The Morgan fingerprint density at radius 2 is 1.93 bits per heavy atom. The van der Waals surface area contributed by atoms with Gasteiger partial charge in [-0.3, -0.25) is 14.9 Å². The van der Waals surface area contributed by atoms with Gasteiger partial charge in [-0.2, -0.15) is 0 Å². The van der Waals surface area contributed by atoms with E-state index >= 15 is 0 Å². The number of unbranched alkanes of at least 4 members (excludes halogenated alkanes) is 2. The molecule has 0 spiro atoms. The van der Waals surface area contributed by atoms with Crippen LogP contribution in [0.25, 0.3) is 0 Å². The molecule has 5 N–H and O–H groups in total. The van der Waals surface area contributed by atoms with E-state index in [1.807, 2.05) is 0 Å². The maximum Gasteiger partial charge on any atom is 0.317 e. The molecule has 0 aliphatic carbocycles. The van der Waals surface area contributed by atoms with E-state index in [9.17, 15) is 9.59 Å². The van der Waals surface area contributed by atoms with Crippen LogP contribution in [0, 0.1) is 0 Å². The number of hydrogen-bond donors (Lipinski definition) is 4. The van der Waals surface area contributed by atoms with Crippen LogP contribution in [0.1, 0.15) is 25.7 Å². The minimum atomic E-state index is -0.938. The molecule has 0 rings (SSSR count). The lowest BCUT2D eigenvalue weighted by Gasteiger charge is -2.04. The van der Waals surface area contributed by atoms with Gasteiger partial charge in [-0.05, 0) is 19.4 Å². The van der Waals surface area contributed by atoms with Crippen molar-refractivity contribution in [1.29, 1.82) is 0 Å². The molecule has 0 aromatic heterocycles. The van der Waals surface area contributed by atoms with Crippen molar-refractivity contribution >= 4 is 11.9 Å². The maximum atomic E-state index is 11.1. The molecule has 0 radical (unpaired) electrons. The highest BCUT2D eigenvalue weighted by Gasteiger charge is 2.00.